The molecule has 0 radical (unpaired) electrons. The van der Waals surface area contributed by atoms with Crippen molar-refractivity contribution in [3.8, 4) is 0 Å². The Morgan fingerprint density at radius 3 is 2.74 bits per heavy atom. The second-order valence-corrected chi connectivity index (χ2v) is 5.26. The largest absolute Gasteiger partial charge is 0.382 e. The van der Waals surface area contributed by atoms with Crippen LogP contribution in [0.3, 0.4) is 0 Å². The van der Waals surface area contributed by atoms with E-state index < -0.39 is 0 Å². The lowest BCUT2D eigenvalue weighted by Gasteiger charge is -2.15. The topological polar surface area (TPSA) is 80.0 Å². The van der Waals surface area contributed by atoms with E-state index in [0.717, 1.165) is 6.42 Å². The van der Waals surface area contributed by atoms with E-state index in [1.807, 2.05) is 20.8 Å². The minimum atomic E-state index is -0.173. The van der Waals surface area contributed by atoms with Crippen molar-refractivity contribution in [1.29, 1.82) is 0 Å². The van der Waals surface area contributed by atoms with Crippen LogP contribution >= 0.6 is 11.6 Å². The Bertz CT molecular complexity index is 435. The van der Waals surface area contributed by atoms with Gasteiger partial charge in [-0.25, -0.2) is 4.98 Å². The van der Waals surface area contributed by atoms with E-state index in [1.54, 1.807) is 6.07 Å². The first kappa shape index (κ1) is 15.7. The molecule has 0 spiro atoms. The summed E-state index contributed by atoms with van der Waals surface area (Å²) in [6.07, 6.45) is 2.22. The normalized spacial score (nSPS) is 12.3. The molecule has 4 N–H and O–H groups in total. The molecule has 0 fully saturated rings. The number of hydrogen-bond acceptors (Lipinski definition) is 4. The number of anilines is 1. The molecule has 1 rings (SSSR count). The number of amides is 1. The molecule has 1 aromatic rings. The molecular weight excluding hydrogens is 264 g/mol. The SMILES string of the molecule is CC(C)Nc1cc(Cl)ncc1C(=O)NCC[C@@H](C)N. The molecule has 1 amide bonds. The van der Waals surface area contributed by atoms with E-state index in [0.29, 0.717) is 22.9 Å². The fourth-order valence-corrected chi connectivity index (χ4v) is 1.71. The first-order valence-electron chi connectivity index (χ1n) is 6.36. The van der Waals surface area contributed by atoms with Gasteiger partial charge < -0.3 is 16.4 Å². The molecule has 0 aliphatic heterocycles. The molecule has 106 valence electrons. The van der Waals surface area contributed by atoms with Gasteiger partial charge in [-0.05, 0) is 33.3 Å². The van der Waals surface area contributed by atoms with Crippen LogP contribution in [0.5, 0.6) is 0 Å². The first-order valence-corrected chi connectivity index (χ1v) is 6.73. The summed E-state index contributed by atoms with van der Waals surface area (Å²) in [7, 11) is 0. The van der Waals surface area contributed by atoms with Crippen LogP contribution in [-0.4, -0.2) is 29.5 Å². The van der Waals surface area contributed by atoms with Gasteiger partial charge in [-0.3, -0.25) is 4.79 Å². The highest BCUT2D eigenvalue weighted by atomic mass is 35.5. The smallest absolute Gasteiger partial charge is 0.254 e. The molecule has 6 heteroatoms. The van der Waals surface area contributed by atoms with Gasteiger partial charge in [0.25, 0.3) is 5.91 Å². The Morgan fingerprint density at radius 2 is 2.16 bits per heavy atom. The predicted octanol–water partition coefficient (Wildman–Crippen LogP) is 2.02. The number of nitrogens with one attached hydrogen (secondary N) is 2. The maximum Gasteiger partial charge on any atom is 0.254 e. The van der Waals surface area contributed by atoms with Crippen molar-refractivity contribution in [1.82, 2.24) is 10.3 Å². The summed E-state index contributed by atoms with van der Waals surface area (Å²) >= 11 is 5.85. The summed E-state index contributed by atoms with van der Waals surface area (Å²) in [5.41, 5.74) is 6.82. The van der Waals surface area contributed by atoms with Crippen molar-refractivity contribution >= 4 is 23.2 Å². The average Bonchev–Trinajstić information content (AvgIpc) is 2.27. The number of halogens is 1. The third-order valence-corrected chi connectivity index (χ3v) is 2.65. The summed E-state index contributed by atoms with van der Waals surface area (Å²) in [4.78, 5) is 16.0. The molecule has 1 atom stereocenters. The number of nitrogens with zero attached hydrogens (tertiary/aromatic N) is 1. The van der Waals surface area contributed by atoms with Gasteiger partial charge in [-0.15, -0.1) is 0 Å². The van der Waals surface area contributed by atoms with Crippen LogP contribution in [-0.2, 0) is 0 Å². The fourth-order valence-electron chi connectivity index (χ4n) is 1.55. The number of rotatable bonds is 6. The van der Waals surface area contributed by atoms with Crippen LogP contribution < -0.4 is 16.4 Å². The van der Waals surface area contributed by atoms with Gasteiger partial charge in [-0.1, -0.05) is 11.6 Å². The van der Waals surface area contributed by atoms with E-state index in [4.69, 9.17) is 17.3 Å². The third kappa shape index (κ3) is 5.44. The summed E-state index contributed by atoms with van der Waals surface area (Å²) in [6, 6.07) is 1.92. The van der Waals surface area contributed by atoms with Crippen LogP contribution in [0.2, 0.25) is 5.15 Å². The van der Waals surface area contributed by atoms with E-state index >= 15 is 0 Å². The molecule has 0 aromatic carbocycles. The Labute approximate surface area is 118 Å². The van der Waals surface area contributed by atoms with Gasteiger partial charge in [0, 0.05) is 24.8 Å². The van der Waals surface area contributed by atoms with Crippen LogP contribution in [0.25, 0.3) is 0 Å². The molecule has 0 unspecified atom stereocenters. The van der Waals surface area contributed by atoms with E-state index in [1.165, 1.54) is 6.20 Å². The van der Waals surface area contributed by atoms with Crippen molar-refractivity contribution in [3.63, 3.8) is 0 Å². The van der Waals surface area contributed by atoms with Gasteiger partial charge in [-0.2, -0.15) is 0 Å². The molecule has 5 nitrogen and oxygen atoms in total. The Morgan fingerprint density at radius 1 is 1.47 bits per heavy atom. The summed E-state index contributed by atoms with van der Waals surface area (Å²) < 4.78 is 0. The summed E-state index contributed by atoms with van der Waals surface area (Å²) in [5.74, 6) is -0.173. The molecule has 0 saturated carbocycles. The lowest BCUT2D eigenvalue weighted by molar-refractivity contribution is 0.0953. The van der Waals surface area contributed by atoms with Gasteiger partial charge in [0.15, 0.2) is 0 Å². The summed E-state index contributed by atoms with van der Waals surface area (Å²) in [6.45, 7) is 6.43. The van der Waals surface area contributed by atoms with Crippen molar-refractivity contribution in [2.24, 2.45) is 5.73 Å². The molecular formula is C13H21ClN4O. The minimum absolute atomic E-state index is 0.0666. The molecule has 0 bridgehead atoms. The monoisotopic (exact) mass is 284 g/mol. The van der Waals surface area contributed by atoms with Gasteiger partial charge in [0.05, 0.1) is 11.3 Å². The Hall–Kier alpha value is -1.33. The van der Waals surface area contributed by atoms with Crippen LogP contribution in [0.15, 0.2) is 12.3 Å². The van der Waals surface area contributed by atoms with E-state index in [2.05, 4.69) is 15.6 Å². The van der Waals surface area contributed by atoms with Gasteiger partial charge in [0.1, 0.15) is 5.15 Å². The molecule has 1 aromatic heterocycles. The number of hydrogen-bond donors (Lipinski definition) is 3. The average molecular weight is 285 g/mol. The van der Waals surface area contributed by atoms with E-state index in [-0.39, 0.29) is 18.0 Å². The molecule has 0 aliphatic carbocycles. The number of pyridine rings is 1. The quantitative estimate of drug-likeness (QED) is 0.698. The molecule has 0 saturated heterocycles. The maximum atomic E-state index is 12.1. The zero-order valence-electron chi connectivity index (χ0n) is 11.5. The third-order valence-electron chi connectivity index (χ3n) is 2.44. The second kappa shape index (κ2) is 7.31. The van der Waals surface area contributed by atoms with Crippen molar-refractivity contribution in [2.75, 3.05) is 11.9 Å². The Kier molecular flexibility index (Phi) is 6.05. The summed E-state index contributed by atoms with van der Waals surface area (Å²) in [5, 5.41) is 6.36. The highest BCUT2D eigenvalue weighted by molar-refractivity contribution is 6.29. The van der Waals surface area contributed by atoms with Crippen LogP contribution in [0.4, 0.5) is 5.69 Å². The Balaban J connectivity index is 2.77. The highest BCUT2D eigenvalue weighted by Crippen LogP contribution is 2.19. The zero-order valence-corrected chi connectivity index (χ0v) is 12.3. The number of carbonyl (C=O) groups is 1. The maximum absolute atomic E-state index is 12.1. The standard InChI is InChI=1S/C13H21ClN4O/c1-8(2)18-11-6-12(14)17-7-10(11)13(19)16-5-4-9(3)15/h6-9H,4-5,15H2,1-3H3,(H,16,19)(H,17,18)/t9-/m1/s1. The molecule has 1 heterocycles. The fraction of sp³-hybridized carbons (Fsp3) is 0.538. The zero-order chi connectivity index (χ0) is 14.4. The van der Waals surface area contributed by atoms with Gasteiger partial charge in [0.2, 0.25) is 0 Å². The number of nitrogens with two attached hydrogens (primary N) is 1. The van der Waals surface area contributed by atoms with Crippen molar-refractivity contribution in [3.05, 3.63) is 23.0 Å². The number of aromatic nitrogens is 1. The molecule has 0 aliphatic rings. The first-order chi connectivity index (χ1) is 8.90. The van der Waals surface area contributed by atoms with Crippen LogP contribution in [0.1, 0.15) is 37.6 Å². The lowest BCUT2D eigenvalue weighted by atomic mass is 10.2. The predicted molar refractivity (Wildman–Crippen MR) is 78.6 cm³/mol. The number of carbonyl (C=O) groups excluding carboxylic acids is 1. The second-order valence-electron chi connectivity index (χ2n) is 4.87. The molecule has 19 heavy (non-hydrogen) atoms. The lowest BCUT2D eigenvalue weighted by Crippen LogP contribution is -2.30. The van der Waals surface area contributed by atoms with Crippen molar-refractivity contribution < 1.29 is 4.79 Å². The highest BCUT2D eigenvalue weighted by Gasteiger charge is 2.13. The van der Waals surface area contributed by atoms with Crippen molar-refractivity contribution in [2.45, 2.75) is 39.3 Å². The van der Waals surface area contributed by atoms with Crippen LogP contribution in [0, 0.1) is 0 Å². The van der Waals surface area contributed by atoms with Gasteiger partial charge >= 0.3 is 0 Å². The van der Waals surface area contributed by atoms with E-state index in [9.17, 15) is 4.79 Å². The minimum Gasteiger partial charge on any atom is -0.382 e.